The van der Waals surface area contributed by atoms with Gasteiger partial charge in [0.1, 0.15) is 0 Å². The van der Waals surface area contributed by atoms with Gasteiger partial charge in [-0.05, 0) is 24.1 Å². The summed E-state index contributed by atoms with van der Waals surface area (Å²) in [6.07, 6.45) is 0. The summed E-state index contributed by atoms with van der Waals surface area (Å²) in [5.74, 6) is 0. The lowest BCUT2D eigenvalue weighted by atomic mass is 10.1. The Morgan fingerprint density at radius 3 is 2.19 bits per heavy atom. The van der Waals surface area contributed by atoms with Crippen LogP contribution >= 0.6 is 11.6 Å². The van der Waals surface area contributed by atoms with Gasteiger partial charge in [-0.1, -0.05) is 78.9 Å². The van der Waals surface area contributed by atoms with E-state index in [2.05, 4.69) is 62.2 Å². The molecule has 1 N–H and O–H groups in total. The van der Waals surface area contributed by atoms with Gasteiger partial charge in [-0.3, -0.25) is 0 Å². The van der Waals surface area contributed by atoms with Gasteiger partial charge in [0.05, 0.1) is 8.07 Å². The molecule has 3 heteroatoms. The van der Waals surface area contributed by atoms with Crippen LogP contribution in [0, 0.1) is 0 Å². The molecule has 2 aromatic rings. The largest absolute Gasteiger partial charge is 0.306 e. The molecule has 0 bridgehead atoms. The van der Waals surface area contributed by atoms with Gasteiger partial charge in [-0.2, -0.15) is 0 Å². The monoisotopic (exact) mass is 317 g/mol. The molecule has 0 fully saturated rings. The maximum atomic E-state index is 6.24. The first-order valence-electron chi connectivity index (χ1n) is 7.45. The van der Waals surface area contributed by atoms with Crippen LogP contribution < -0.4 is 10.5 Å². The fourth-order valence-corrected chi connectivity index (χ4v) is 3.80. The van der Waals surface area contributed by atoms with E-state index in [0.717, 1.165) is 17.1 Å². The molecule has 0 radical (unpaired) electrons. The first-order chi connectivity index (χ1) is 9.88. The first-order valence-corrected chi connectivity index (χ1v) is 11.3. The lowest BCUT2D eigenvalue weighted by Crippen LogP contribution is -2.37. The van der Waals surface area contributed by atoms with Crippen molar-refractivity contribution < 1.29 is 0 Å². The van der Waals surface area contributed by atoms with Crippen LogP contribution in [0.1, 0.15) is 24.1 Å². The predicted octanol–water partition coefficient (Wildman–Crippen LogP) is 4.74. The summed E-state index contributed by atoms with van der Waals surface area (Å²) < 4.78 is 0. The van der Waals surface area contributed by atoms with Crippen molar-refractivity contribution in [2.45, 2.75) is 39.2 Å². The molecule has 0 saturated heterocycles. The minimum absolute atomic E-state index is 0.246. The highest BCUT2D eigenvalue weighted by molar-refractivity contribution is 6.88. The van der Waals surface area contributed by atoms with Gasteiger partial charge in [0.2, 0.25) is 0 Å². The predicted molar refractivity (Wildman–Crippen MR) is 96.1 cm³/mol. The molecule has 1 nitrogen and oxygen atoms in total. The second kappa shape index (κ2) is 6.78. The number of hydrogen-bond donors (Lipinski definition) is 1. The van der Waals surface area contributed by atoms with Crippen LogP contribution in [-0.2, 0) is 6.54 Å². The smallest absolute Gasteiger partial charge is 0.0775 e. The Balaban J connectivity index is 1.99. The van der Waals surface area contributed by atoms with Crippen molar-refractivity contribution in [3.8, 4) is 0 Å². The Morgan fingerprint density at radius 2 is 1.62 bits per heavy atom. The lowest BCUT2D eigenvalue weighted by molar-refractivity contribution is 0.575. The number of hydrogen-bond acceptors (Lipinski definition) is 1. The summed E-state index contributed by atoms with van der Waals surface area (Å²) in [6.45, 7) is 10.1. The van der Waals surface area contributed by atoms with Crippen LogP contribution in [0.5, 0.6) is 0 Å². The van der Waals surface area contributed by atoms with Crippen molar-refractivity contribution in [3.63, 3.8) is 0 Å². The van der Waals surface area contributed by atoms with E-state index in [0.29, 0.717) is 0 Å². The van der Waals surface area contributed by atoms with E-state index in [1.165, 1.54) is 10.8 Å². The van der Waals surface area contributed by atoms with E-state index in [1.54, 1.807) is 0 Å². The third kappa shape index (κ3) is 4.44. The SMILES string of the molecule is C[C@H](NCc1ccc([Si](C)(C)C)cc1)c1ccccc1Cl. The van der Waals surface area contributed by atoms with Crippen molar-refractivity contribution in [2.75, 3.05) is 0 Å². The molecular formula is C18H24ClNSi. The molecule has 0 amide bonds. The minimum Gasteiger partial charge on any atom is -0.306 e. The van der Waals surface area contributed by atoms with E-state index < -0.39 is 8.07 Å². The second-order valence-electron chi connectivity index (χ2n) is 6.57. The Bertz CT molecular complexity index is 587. The Labute approximate surface area is 134 Å². The third-order valence-electron chi connectivity index (χ3n) is 3.80. The molecule has 0 saturated carbocycles. The van der Waals surface area contributed by atoms with Gasteiger partial charge >= 0.3 is 0 Å². The summed E-state index contributed by atoms with van der Waals surface area (Å²) in [5, 5.41) is 5.87. The zero-order chi connectivity index (χ0) is 15.5. The maximum absolute atomic E-state index is 6.24. The van der Waals surface area contributed by atoms with Crippen LogP contribution in [0.2, 0.25) is 24.7 Å². The van der Waals surface area contributed by atoms with E-state index in [4.69, 9.17) is 11.6 Å². The number of rotatable bonds is 5. The molecule has 0 aromatic heterocycles. The van der Waals surface area contributed by atoms with Crippen LogP contribution in [0.15, 0.2) is 48.5 Å². The molecule has 2 rings (SSSR count). The van der Waals surface area contributed by atoms with E-state index in [9.17, 15) is 0 Å². The average Bonchev–Trinajstić information content (AvgIpc) is 2.45. The zero-order valence-electron chi connectivity index (χ0n) is 13.3. The number of benzene rings is 2. The van der Waals surface area contributed by atoms with Crippen molar-refractivity contribution in [3.05, 3.63) is 64.7 Å². The van der Waals surface area contributed by atoms with Crippen LogP contribution in [0.3, 0.4) is 0 Å². The number of halogens is 1. The summed E-state index contributed by atoms with van der Waals surface area (Å²) in [5.41, 5.74) is 2.47. The van der Waals surface area contributed by atoms with Crippen LogP contribution in [0.4, 0.5) is 0 Å². The molecule has 1 atom stereocenters. The van der Waals surface area contributed by atoms with Crippen LogP contribution in [-0.4, -0.2) is 8.07 Å². The van der Waals surface area contributed by atoms with Gasteiger partial charge in [-0.25, -0.2) is 0 Å². The quantitative estimate of drug-likeness (QED) is 0.786. The van der Waals surface area contributed by atoms with Gasteiger partial charge in [-0.15, -0.1) is 0 Å². The molecule has 0 aliphatic rings. The van der Waals surface area contributed by atoms with Crippen molar-refractivity contribution >= 4 is 24.9 Å². The molecule has 21 heavy (non-hydrogen) atoms. The molecule has 0 heterocycles. The summed E-state index contributed by atoms with van der Waals surface area (Å²) >= 11 is 6.24. The van der Waals surface area contributed by atoms with Gasteiger partial charge < -0.3 is 5.32 Å². The molecule has 2 aromatic carbocycles. The highest BCUT2D eigenvalue weighted by atomic mass is 35.5. The standard InChI is InChI=1S/C18H24ClNSi/c1-14(17-7-5-6-8-18(17)19)20-13-15-9-11-16(12-10-15)21(2,3)4/h5-12,14,20H,13H2,1-4H3/t14-/m0/s1. The molecule has 0 aliphatic carbocycles. The Morgan fingerprint density at radius 1 is 1.00 bits per heavy atom. The van der Waals surface area contributed by atoms with Crippen LogP contribution in [0.25, 0.3) is 0 Å². The van der Waals surface area contributed by atoms with Crippen molar-refractivity contribution in [2.24, 2.45) is 0 Å². The molecule has 0 aliphatic heterocycles. The average molecular weight is 318 g/mol. The minimum atomic E-state index is -1.20. The topological polar surface area (TPSA) is 12.0 Å². The summed E-state index contributed by atoms with van der Waals surface area (Å²) in [7, 11) is -1.20. The van der Waals surface area contributed by atoms with E-state index in [-0.39, 0.29) is 6.04 Å². The van der Waals surface area contributed by atoms with Gasteiger partial charge in [0.15, 0.2) is 0 Å². The maximum Gasteiger partial charge on any atom is 0.0775 e. The fraction of sp³-hybridized carbons (Fsp3) is 0.333. The molecular weight excluding hydrogens is 294 g/mol. The highest BCUT2D eigenvalue weighted by Gasteiger charge is 2.15. The summed E-state index contributed by atoms with van der Waals surface area (Å²) in [4.78, 5) is 0. The summed E-state index contributed by atoms with van der Waals surface area (Å²) in [6, 6.07) is 17.3. The normalized spacial score (nSPS) is 13.2. The Kier molecular flexibility index (Phi) is 5.25. The van der Waals surface area contributed by atoms with Gasteiger partial charge in [0, 0.05) is 17.6 Å². The molecule has 112 valence electrons. The molecule has 0 spiro atoms. The molecule has 0 unspecified atom stereocenters. The second-order valence-corrected chi connectivity index (χ2v) is 12.1. The van der Waals surface area contributed by atoms with Crippen molar-refractivity contribution in [1.29, 1.82) is 0 Å². The highest BCUT2D eigenvalue weighted by Crippen LogP contribution is 2.22. The van der Waals surface area contributed by atoms with Gasteiger partial charge in [0.25, 0.3) is 0 Å². The Hall–Kier alpha value is -1.09. The third-order valence-corrected chi connectivity index (χ3v) is 6.21. The van der Waals surface area contributed by atoms with Crippen molar-refractivity contribution in [1.82, 2.24) is 5.32 Å². The lowest BCUT2D eigenvalue weighted by Gasteiger charge is -2.18. The fourth-order valence-electron chi connectivity index (χ4n) is 2.33. The zero-order valence-corrected chi connectivity index (χ0v) is 15.0. The number of nitrogens with one attached hydrogen (secondary N) is 1. The van der Waals surface area contributed by atoms with E-state index >= 15 is 0 Å². The first kappa shape index (κ1) is 16.3. The van der Waals surface area contributed by atoms with E-state index in [1.807, 2.05) is 18.2 Å².